The number of benzene rings is 1. The molecule has 0 aromatic heterocycles. The number of carbonyl (C=O) groups is 3. The lowest BCUT2D eigenvalue weighted by Crippen LogP contribution is -2.56. The van der Waals surface area contributed by atoms with Crippen molar-refractivity contribution in [1.82, 2.24) is 20.0 Å². The van der Waals surface area contributed by atoms with E-state index in [0.717, 1.165) is 18.6 Å². The van der Waals surface area contributed by atoms with E-state index in [1.165, 1.54) is 15.9 Å². The fourth-order valence-corrected chi connectivity index (χ4v) is 4.75. The number of rotatable bonds is 8. The maximum Gasteiger partial charge on any atom is 0.325 e. The van der Waals surface area contributed by atoms with Crippen molar-refractivity contribution >= 4 is 17.8 Å². The lowest BCUT2D eigenvalue weighted by molar-refractivity contribution is -0.134. The van der Waals surface area contributed by atoms with Gasteiger partial charge in [-0.25, -0.2) is 13.6 Å². The molecule has 0 unspecified atom stereocenters. The summed E-state index contributed by atoms with van der Waals surface area (Å²) in [5.41, 5.74) is -1.56. The van der Waals surface area contributed by atoms with Gasteiger partial charge in [-0.1, -0.05) is 19.9 Å². The Labute approximate surface area is 194 Å². The molecule has 2 saturated heterocycles. The van der Waals surface area contributed by atoms with Gasteiger partial charge in [-0.15, -0.1) is 0 Å². The number of hydrogen-bond acceptors (Lipinski definition) is 4. The first kappa shape index (κ1) is 25.1. The van der Waals surface area contributed by atoms with Crippen LogP contribution in [0.15, 0.2) is 18.2 Å². The predicted molar refractivity (Wildman–Crippen MR) is 121 cm³/mol. The smallest absolute Gasteiger partial charge is 0.325 e. The van der Waals surface area contributed by atoms with E-state index in [4.69, 9.17) is 0 Å². The number of likely N-dealkylation sites (tertiary alicyclic amines) is 1. The van der Waals surface area contributed by atoms with Crippen molar-refractivity contribution in [2.45, 2.75) is 45.1 Å². The predicted octanol–water partition coefficient (Wildman–Crippen LogP) is 3.11. The fraction of sp³-hybridized carbons (Fsp3) is 0.625. The summed E-state index contributed by atoms with van der Waals surface area (Å²) in [6, 6.07) is 2.98. The summed E-state index contributed by atoms with van der Waals surface area (Å²) < 4.78 is 28.2. The summed E-state index contributed by atoms with van der Waals surface area (Å²) in [6.07, 6.45) is 2.22. The van der Waals surface area contributed by atoms with Crippen LogP contribution < -0.4 is 5.32 Å². The van der Waals surface area contributed by atoms with Crippen LogP contribution in [0.5, 0.6) is 0 Å². The third-order valence-corrected chi connectivity index (χ3v) is 6.74. The van der Waals surface area contributed by atoms with Crippen molar-refractivity contribution in [3.63, 3.8) is 0 Å². The van der Waals surface area contributed by atoms with E-state index in [-0.39, 0.29) is 30.9 Å². The monoisotopic (exact) mass is 464 g/mol. The molecule has 3 rings (SSSR count). The third kappa shape index (κ3) is 5.18. The van der Waals surface area contributed by atoms with Gasteiger partial charge in [0.15, 0.2) is 0 Å². The number of amides is 4. The summed E-state index contributed by atoms with van der Waals surface area (Å²) in [5.74, 6) is -2.47. The van der Waals surface area contributed by atoms with Crippen LogP contribution in [0, 0.1) is 23.5 Å². The molecule has 2 fully saturated rings. The second-order valence-corrected chi connectivity index (χ2v) is 9.76. The van der Waals surface area contributed by atoms with Crippen LogP contribution in [-0.4, -0.2) is 78.4 Å². The number of imide groups is 1. The average molecular weight is 465 g/mol. The molecule has 4 amide bonds. The first-order valence-electron chi connectivity index (χ1n) is 11.6. The summed E-state index contributed by atoms with van der Waals surface area (Å²) in [6.45, 7) is 5.56. The van der Waals surface area contributed by atoms with E-state index < -0.39 is 28.6 Å². The Hall–Kier alpha value is -2.55. The normalized spacial score (nSPS) is 21.9. The van der Waals surface area contributed by atoms with Crippen LogP contribution in [-0.2, 0) is 4.79 Å². The van der Waals surface area contributed by atoms with Gasteiger partial charge in [-0.05, 0) is 63.7 Å². The number of nitrogens with zero attached hydrogens (tertiary/aromatic N) is 3. The Bertz CT molecular complexity index is 879. The minimum Gasteiger partial charge on any atom is -0.338 e. The Morgan fingerprint density at radius 3 is 2.33 bits per heavy atom. The maximum atomic E-state index is 14.1. The maximum absolute atomic E-state index is 14.1. The molecule has 2 aliphatic heterocycles. The molecule has 7 nitrogen and oxygen atoms in total. The number of urea groups is 1. The summed E-state index contributed by atoms with van der Waals surface area (Å²) in [7, 11) is 3.77. The summed E-state index contributed by atoms with van der Waals surface area (Å²) >= 11 is 0. The molecule has 0 bridgehead atoms. The van der Waals surface area contributed by atoms with E-state index in [1.807, 2.05) is 19.0 Å². The van der Waals surface area contributed by atoms with E-state index in [1.54, 1.807) is 0 Å². The minimum absolute atomic E-state index is 0.161. The molecule has 2 heterocycles. The standard InChI is InChI=1S/C24H34F2N4O3/c1-16(2)8-11-24(22(32)30(23(33)27-24)15-14-28(3)4)17-9-12-29(13-10-17)21(31)20-18(25)6-5-7-19(20)26/h5-7,16-17H,8-15H2,1-4H3,(H,27,33)/t24-/m1/s1. The number of hydrogen-bond donors (Lipinski definition) is 1. The Morgan fingerprint density at radius 1 is 1.18 bits per heavy atom. The van der Waals surface area contributed by atoms with Crippen molar-refractivity contribution < 1.29 is 23.2 Å². The highest BCUT2D eigenvalue weighted by molar-refractivity contribution is 6.07. The largest absolute Gasteiger partial charge is 0.338 e. The first-order valence-corrected chi connectivity index (χ1v) is 11.6. The lowest BCUT2D eigenvalue weighted by atomic mass is 9.73. The van der Waals surface area contributed by atoms with Gasteiger partial charge in [0, 0.05) is 26.2 Å². The first-order chi connectivity index (χ1) is 15.6. The molecule has 182 valence electrons. The molecule has 0 spiro atoms. The topological polar surface area (TPSA) is 73.0 Å². The van der Waals surface area contributed by atoms with Gasteiger partial charge in [0.2, 0.25) is 0 Å². The molecule has 1 aromatic rings. The van der Waals surface area contributed by atoms with E-state index >= 15 is 0 Å². The van der Waals surface area contributed by atoms with Gasteiger partial charge in [-0.2, -0.15) is 0 Å². The Morgan fingerprint density at radius 2 is 1.79 bits per heavy atom. The lowest BCUT2D eigenvalue weighted by Gasteiger charge is -2.41. The van der Waals surface area contributed by atoms with Gasteiger partial charge >= 0.3 is 6.03 Å². The molecule has 1 N–H and O–H groups in total. The molecular formula is C24H34F2N4O3. The van der Waals surface area contributed by atoms with Crippen molar-refractivity contribution in [3.05, 3.63) is 35.4 Å². The highest BCUT2D eigenvalue weighted by Gasteiger charge is 2.55. The zero-order valence-electron chi connectivity index (χ0n) is 19.9. The minimum atomic E-state index is -1.01. The number of halogens is 2. The van der Waals surface area contributed by atoms with Crippen molar-refractivity contribution in [2.24, 2.45) is 11.8 Å². The highest BCUT2D eigenvalue weighted by atomic mass is 19.1. The molecular weight excluding hydrogens is 430 g/mol. The zero-order valence-corrected chi connectivity index (χ0v) is 19.9. The summed E-state index contributed by atoms with van der Waals surface area (Å²) in [5, 5.41) is 3.01. The van der Waals surface area contributed by atoms with Crippen molar-refractivity contribution in [1.29, 1.82) is 0 Å². The van der Waals surface area contributed by atoms with Gasteiger partial charge in [0.25, 0.3) is 11.8 Å². The fourth-order valence-electron chi connectivity index (χ4n) is 4.75. The van der Waals surface area contributed by atoms with Gasteiger partial charge in [0.05, 0.1) is 0 Å². The van der Waals surface area contributed by atoms with Gasteiger partial charge in [0.1, 0.15) is 22.7 Å². The van der Waals surface area contributed by atoms with Crippen LogP contribution in [0.2, 0.25) is 0 Å². The van der Waals surface area contributed by atoms with Crippen LogP contribution in [0.25, 0.3) is 0 Å². The molecule has 33 heavy (non-hydrogen) atoms. The number of piperidine rings is 1. The molecule has 0 aliphatic carbocycles. The number of likely N-dealkylation sites (N-methyl/N-ethyl adjacent to an activating group) is 1. The SMILES string of the molecule is CC(C)CC[C@]1(C2CCN(C(=O)c3c(F)cccc3F)CC2)NC(=O)N(CCN(C)C)C1=O. The molecule has 0 radical (unpaired) electrons. The van der Waals surface area contributed by atoms with Gasteiger partial charge < -0.3 is 15.1 Å². The summed E-state index contributed by atoms with van der Waals surface area (Å²) in [4.78, 5) is 43.7. The molecule has 9 heteroatoms. The van der Waals surface area contributed by atoms with Crippen molar-refractivity contribution in [2.75, 3.05) is 40.3 Å². The van der Waals surface area contributed by atoms with E-state index in [2.05, 4.69) is 19.2 Å². The van der Waals surface area contributed by atoms with Crippen LogP contribution >= 0.6 is 0 Å². The number of nitrogens with one attached hydrogen (secondary N) is 1. The second-order valence-electron chi connectivity index (χ2n) is 9.76. The van der Waals surface area contributed by atoms with Crippen molar-refractivity contribution in [3.8, 4) is 0 Å². The average Bonchev–Trinajstić information content (AvgIpc) is 3.00. The Balaban J connectivity index is 1.77. The third-order valence-electron chi connectivity index (χ3n) is 6.74. The van der Waals surface area contributed by atoms with Crippen LogP contribution in [0.1, 0.15) is 49.9 Å². The number of carbonyl (C=O) groups excluding carboxylic acids is 3. The van der Waals surface area contributed by atoms with Gasteiger partial charge in [-0.3, -0.25) is 14.5 Å². The van der Waals surface area contributed by atoms with Crippen LogP contribution in [0.3, 0.4) is 0 Å². The van der Waals surface area contributed by atoms with Crippen LogP contribution in [0.4, 0.5) is 13.6 Å². The molecule has 0 saturated carbocycles. The van der Waals surface area contributed by atoms with E-state index in [9.17, 15) is 23.2 Å². The van der Waals surface area contributed by atoms with E-state index in [0.29, 0.717) is 38.3 Å². The highest BCUT2D eigenvalue weighted by Crippen LogP contribution is 2.38. The molecule has 1 aromatic carbocycles. The second kappa shape index (κ2) is 10.2. The zero-order chi connectivity index (χ0) is 24.3. The Kier molecular flexibility index (Phi) is 7.72. The molecule has 2 aliphatic rings. The quantitative estimate of drug-likeness (QED) is 0.600. The molecule has 1 atom stereocenters.